The van der Waals surface area contributed by atoms with Crippen molar-refractivity contribution in [3.8, 4) is 0 Å². The summed E-state index contributed by atoms with van der Waals surface area (Å²) in [4.78, 5) is 12.1. The van der Waals surface area contributed by atoms with E-state index in [1.165, 1.54) is 0 Å². The monoisotopic (exact) mass is 236 g/mol. The van der Waals surface area contributed by atoms with E-state index in [1.807, 2.05) is 25.1 Å². The molecule has 3 N–H and O–H groups in total. The molecule has 0 heterocycles. The quantitative estimate of drug-likeness (QED) is 0.728. The Hall–Kier alpha value is -1.55. The average Bonchev–Trinajstić information content (AvgIpc) is 2.29. The summed E-state index contributed by atoms with van der Waals surface area (Å²) in [5, 5.41) is 15.1. The number of rotatable bonds is 5. The van der Waals surface area contributed by atoms with Gasteiger partial charge in [0.05, 0.1) is 17.7 Å². The standard InChI is InChI=1S/C13H20N2O2/c1-4-14-11-8-6-5-7-10(11)12(17)15-13(2,3)9-16/h5-8,14,16H,4,9H2,1-3H3,(H,15,17). The van der Waals surface area contributed by atoms with Crippen LogP contribution in [0.3, 0.4) is 0 Å². The average molecular weight is 236 g/mol. The van der Waals surface area contributed by atoms with Gasteiger partial charge in [-0.05, 0) is 32.9 Å². The van der Waals surface area contributed by atoms with Gasteiger partial charge in [-0.1, -0.05) is 12.1 Å². The van der Waals surface area contributed by atoms with Gasteiger partial charge in [0, 0.05) is 12.2 Å². The van der Waals surface area contributed by atoms with E-state index in [-0.39, 0.29) is 12.5 Å². The fraction of sp³-hybridized carbons (Fsp3) is 0.462. The van der Waals surface area contributed by atoms with E-state index in [0.717, 1.165) is 12.2 Å². The lowest BCUT2D eigenvalue weighted by molar-refractivity contribution is 0.0870. The predicted octanol–water partition coefficient (Wildman–Crippen LogP) is 1.62. The molecule has 0 aliphatic rings. The number of aliphatic hydroxyl groups is 1. The third-order valence-corrected chi connectivity index (χ3v) is 2.39. The van der Waals surface area contributed by atoms with Crippen LogP contribution in [0.25, 0.3) is 0 Å². The van der Waals surface area contributed by atoms with Crippen molar-refractivity contribution in [1.29, 1.82) is 0 Å². The third kappa shape index (κ3) is 3.75. The summed E-state index contributed by atoms with van der Waals surface area (Å²) in [6, 6.07) is 7.33. The van der Waals surface area contributed by atoms with Gasteiger partial charge in [0.25, 0.3) is 5.91 Å². The zero-order valence-electron chi connectivity index (χ0n) is 10.6. The van der Waals surface area contributed by atoms with Gasteiger partial charge in [-0.3, -0.25) is 4.79 Å². The Bertz CT molecular complexity index is 389. The molecule has 0 aliphatic carbocycles. The highest BCUT2D eigenvalue weighted by atomic mass is 16.3. The highest BCUT2D eigenvalue weighted by Gasteiger charge is 2.21. The smallest absolute Gasteiger partial charge is 0.253 e. The fourth-order valence-electron chi connectivity index (χ4n) is 1.44. The molecule has 0 saturated heterocycles. The molecule has 4 heteroatoms. The van der Waals surface area contributed by atoms with Crippen molar-refractivity contribution in [1.82, 2.24) is 5.32 Å². The van der Waals surface area contributed by atoms with E-state index in [2.05, 4.69) is 10.6 Å². The number of hydrogen-bond acceptors (Lipinski definition) is 3. The molecule has 0 aliphatic heterocycles. The molecule has 0 bridgehead atoms. The largest absolute Gasteiger partial charge is 0.394 e. The Morgan fingerprint density at radius 1 is 1.35 bits per heavy atom. The highest BCUT2D eigenvalue weighted by Crippen LogP contribution is 2.15. The van der Waals surface area contributed by atoms with Crippen molar-refractivity contribution in [2.24, 2.45) is 0 Å². The molecule has 0 aromatic heterocycles. The van der Waals surface area contributed by atoms with Crippen LogP contribution in [-0.4, -0.2) is 29.7 Å². The normalized spacial score (nSPS) is 11.1. The molecule has 0 fully saturated rings. The Balaban J connectivity index is 2.88. The summed E-state index contributed by atoms with van der Waals surface area (Å²) in [6.07, 6.45) is 0. The maximum atomic E-state index is 12.1. The first-order valence-electron chi connectivity index (χ1n) is 5.76. The minimum atomic E-state index is -0.615. The van der Waals surface area contributed by atoms with Crippen molar-refractivity contribution in [2.45, 2.75) is 26.3 Å². The Morgan fingerprint density at radius 2 is 2.00 bits per heavy atom. The van der Waals surface area contributed by atoms with Gasteiger partial charge in [0.15, 0.2) is 0 Å². The predicted molar refractivity (Wildman–Crippen MR) is 69.2 cm³/mol. The molecule has 1 amide bonds. The molecule has 17 heavy (non-hydrogen) atoms. The minimum Gasteiger partial charge on any atom is -0.394 e. The number of anilines is 1. The zero-order valence-corrected chi connectivity index (χ0v) is 10.6. The fourth-order valence-corrected chi connectivity index (χ4v) is 1.44. The van der Waals surface area contributed by atoms with Crippen LogP contribution in [0, 0.1) is 0 Å². The van der Waals surface area contributed by atoms with Gasteiger partial charge < -0.3 is 15.7 Å². The molecule has 0 unspecified atom stereocenters. The second-order valence-corrected chi connectivity index (χ2v) is 4.57. The number of hydrogen-bond donors (Lipinski definition) is 3. The molecule has 0 atom stereocenters. The first kappa shape index (κ1) is 13.5. The van der Waals surface area contributed by atoms with Crippen LogP contribution < -0.4 is 10.6 Å². The second-order valence-electron chi connectivity index (χ2n) is 4.57. The summed E-state index contributed by atoms with van der Waals surface area (Å²) < 4.78 is 0. The summed E-state index contributed by atoms with van der Waals surface area (Å²) >= 11 is 0. The number of amides is 1. The summed E-state index contributed by atoms with van der Waals surface area (Å²) in [7, 11) is 0. The zero-order chi connectivity index (χ0) is 12.9. The van der Waals surface area contributed by atoms with Crippen LogP contribution in [0.5, 0.6) is 0 Å². The molecule has 1 rings (SSSR count). The number of carbonyl (C=O) groups is 1. The second kappa shape index (κ2) is 5.68. The Kier molecular flexibility index (Phi) is 4.52. The third-order valence-electron chi connectivity index (χ3n) is 2.39. The van der Waals surface area contributed by atoms with Crippen molar-refractivity contribution < 1.29 is 9.90 Å². The lowest BCUT2D eigenvalue weighted by Gasteiger charge is -2.24. The lowest BCUT2D eigenvalue weighted by atomic mass is 10.1. The van der Waals surface area contributed by atoms with Crippen molar-refractivity contribution in [3.63, 3.8) is 0 Å². The molecule has 1 aromatic carbocycles. The van der Waals surface area contributed by atoms with Crippen molar-refractivity contribution >= 4 is 11.6 Å². The molecule has 94 valence electrons. The maximum absolute atomic E-state index is 12.1. The highest BCUT2D eigenvalue weighted by molar-refractivity contribution is 5.99. The summed E-state index contributed by atoms with van der Waals surface area (Å²) in [5.41, 5.74) is 0.785. The topological polar surface area (TPSA) is 61.4 Å². The van der Waals surface area contributed by atoms with E-state index in [9.17, 15) is 4.79 Å². The first-order chi connectivity index (χ1) is 8.00. The number of benzene rings is 1. The van der Waals surface area contributed by atoms with Crippen LogP contribution in [0.15, 0.2) is 24.3 Å². The van der Waals surface area contributed by atoms with E-state index >= 15 is 0 Å². The molecule has 4 nitrogen and oxygen atoms in total. The van der Waals surface area contributed by atoms with Crippen LogP contribution in [0.2, 0.25) is 0 Å². The van der Waals surface area contributed by atoms with Gasteiger partial charge in [0.1, 0.15) is 0 Å². The molecule has 0 spiro atoms. The van der Waals surface area contributed by atoms with Gasteiger partial charge in [0.2, 0.25) is 0 Å². The first-order valence-corrected chi connectivity index (χ1v) is 5.76. The van der Waals surface area contributed by atoms with E-state index in [0.29, 0.717) is 5.56 Å². The Morgan fingerprint density at radius 3 is 2.59 bits per heavy atom. The number of carbonyl (C=O) groups excluding carboxylic acids is 1. The summed E-state index contributed by atoms with van der Waals surface area (Å²) in [5.74, 6) is -0.180. The van der Waals surface area contributed by atoms with Crippen LogP contribution in [0.1, 0.15) is 31.1 Å². The molecular formula is C13H20N2O2. The number of nitrogens with one attached hydrogen (secondary N) is 2. The summed E-state index contributed by atoms with van der Waals surface area (Å²) in [6.45, 7) is 6.20. The van der Waals surface area contributed by atoms with E-state index in [1.54, 1.807) is 19.9 Å². The van der Waals surface area contributed by atoms with Crippen LogP contribution in [-0.2, 0) is 0 Å². The van der Waals surface area contributed by atoms with Gasteiger partial charge in [-0.25, -0.2) is 0 Å². The van der Waals surface area contributed by atoms with Gasteiger partial charge in [-0.2, -0.15) is 0 Å². The number of para-hydroxylation sites is 1. The van der Waals surface area contributed by atoms with Crippen molar-refractivity contribution in [2.75, 3.05) is 18.5 Å². The van der Waals surface area contributed by atoms with Gasteiger partial charge >= 0.3 is 0 Å². The maximum Gasteiger partial charge on any atom is 0.253 e. The Labute approximate surface area is 102 Å². The lowest BCUT2D eigenvalue weighted by Crippen LogP contribution is -2.46. The van der Waals surface area contributed by atoms with Crippen LogP contribution >= 0.6 is 0 Å². The molecule has 0 radical (unpaired) electrons. The van der Waals surface area contributed by atoms with E-state index in [4.69, 9.17) is 5.11 Å². The minimum absolute atomic E-state index is 0.0951. The van der Waals surface area contributed by atoms with Crippen molar-refractivity contribution in [3.05, 3.63) is 29.8 Å². The number of aliphatic hydroxyl groups excluding tert-OH is 1. The van der Waals surface area contributed by atoms with Gasteiger partial charge in [-0.15, -0.1) is 0 Å². The SMILES string of the molecule is CCNc1ccccc1C(=O)NC(C)(C)CO. The van der Waals surface area contributed by atoms with Crippen LogP contribution in [0.4, 0.5) is 5.69 Å². The molecule has 0 saturated carbocycles. The van der Waals surface area contributed by atoms with E-state index < -0.39 is 5.54 Å². The molecule has 1 aromatic rings. The molecular weight excluding hydrogens is 216 g/mol.